The maximum atomic E-state index is 13.5. The summed E-state index contributed by atoms with van der Waals surface area (Å²) < 4.78 is 11.1. The molecule has 10 nitrogen and oxygen atoms in total. The standard InChI is InChI=1S/C24H37N3O7S/c1-6-7-12-33-23(32)24(34-14-19(28)29,35-18-11-9-8-10-17(18)25)20(22(31)26-5)27-21(30)16(4)13-15(2)3/h8-11,15-16,20H,6-7,12-14,25H2,1-5H3,(H,26,31)(H,27,30)(H,28,29)/t16-,20+,24+/m0/s1. The largest absolute Gasteiger partial charge is 0.480 e. The first kappa shape index (κ1) is 30.2. The van der Waals surface area contributed by atoms with Crippen LogP contribution in [0.15, 0.2) is 29.2 Å². The first-order chi connectivity index (χ1) is 16.5. The van der Waals surface area contributed by atoms with Gasteiger partial charge in [-0.15, -0.1) is 0 Å². The van der Waals surface area contributed by atoms with Gasteiger partial charge in [0.1, 0.15) is 6.61 Å². The first-order valence-electron chi connectivity index (χ1n) is 11.6. The van der Waals surface area contributed by atoms with Gasteiger partial charge in [-0.05, 0) is 30.9 Å². The topological polar surface area (TPSA) is 157 Å². The molecule has 0 bridgehead atoms. The zero-order valence-electron chi connectivity index (χ0n) is 21.0. The molecule has 0 radical (unpaired) electrons. The number of carboxylic acids is 1. The van der Waals surface area contributed by atoms with Crippen molar-refractivity contribution in [2.75, 3.05) is 26.0 Å². The molecule has 5 N–H and O–H groups in total. The van der Waals surface area contributed by atoms with Crippen molar-refractivity contribution >= 4 is 41.2 Å². The van der Waals surface area contributed by atoms with Crippen molar-refractivity contribution < 1.29 is 33.8 Å². The number of unbranched alkanes of at least 4 members (excludes halogenated alkanes) is 1. The lowest BCUT2D eigenvalue weighted by atomic mass is 9.97. The summed E-state index contributed by atoms with van der Waals surface area (Å²) >= 11 is 0.730. The molecule has 0 spiro atoms. The highest BCUT2D eigenvalue weighted by Gasteiger charge is 2.55. The molecule has 0 aliphatic rings. The summed E-state index contributed by atoms with van der Waals surface area (Å²) in [4.78, 5) is 49.2. The Kier molecular flexibility index (Phi) is 12.6. The third-order valence-electron chi connectivity index (χ3n) is 5.05. The third-order valence-corrected chi connectivity index (χ3v) is 6.47. The lowest BCUT2D eigenvalue weighted by molar-refractivity contribution is -0.170. The van der Waals surface area contributed by atoms with Crippen LogP contribution < -0.4 is 16.4 Å². The van der Waals surface area contributed by atoms with Crippen molar-refractivity contribution in [3.8, 4) is 0 Å². The second-order valence-corrected chi connectivity index (χ2v) is 9.82. The molecule has 1 rings (SSSR count). The molecular weight excluding hydrogens is 474 g/mol. The molecule has 0 unspecified atom stereocenters. The zero-order valence-corrected chi connectivity index (χ0v) is 21.8. The summed E-state index contributed by atoms with van der Waals surface area (Å²) in [6, 6.07) is 4.92. The third kappa shape index (κ3) is 9.06. The van der Waals surface area contributed by atoms with Crippen LogP contribution in [-0.2, 0) is 28.7 Å². The Morgan fingerprint density at radius 3 is 2.34 bits per heavy atom. The number of likely N-dealkylation sites (N-methyl/N-ethyl adjacent to an activating group) is 1. The normalized spacial score (nSPS) is 14.5. The van der Waals surface area contributed by atoms with Crippen molar-refractivity contribution in [3.05, 3.63) is 24.3 Å². The molecular formula is C24H37N3O7S. The number of nitrogens with one attached hydrogen (secondary N) is 2. The van der Waals surface area contributed by atoms with Gasteiger partial charge < -0.3 is 30.9 Å². The molecule has 1 aromatic carbocycles. The van der Waals surface area contributed by atoms with E-state index in [1.807, 2.05) is 20.8 Å². The SMILES string of the molecule is CCCCOC(=O)[C@](OCC(=O)O)(Sc1ccccc1N)[C@H](NC(=O)[C@@H](C)CC(C)C)C(=O)NC. The smallest absolute Gasteiger partial charge is 0.352 e. The fourth-order valence-electron chi connectivity index (χ4n) is 3.28. The molecule has 2 amide bonds. The van der Waals surface area contributed by atoms with Crippen LogP contribution in [0.1, 0.15) is 47.0 Å². The number of para-hydroxylation sites is 1. The molecule has 0 aromatic heterocycles. The summed E-state index contributed by atoms with van der Waals surface area (Å²) in [5.74, 6) is -3.88. The summed E-state index contributed by atoms with van der Waals surface area (Å²) in [6.07, 6.45) is 1.81. The number of aliphatic carboxylic acids is 1. The molecule has 35 heavy (non-hydrogen) atoms. The summed E-state index contributed by atoms with van der Waals surface area (Å²) in [5, 5.41) is 14.4. The van der Waals surface area contributed by atoms with Gasteiger partial charge in [0, 0.05) is 23.5 Å². The van der Waals surface area contributed by atoms with Gasteiger partial charge in [0.25, 0.3) is 0 Å². The number of benzene rings is 1. The van der Waals surface area contributed by atoms with Crippen LogP contribution in [0.25, 0.3) is 0 Å². The highest BCUT2D eigenvalue weighted by Crippen LogP contribution is 2.41. The van der Waals surface area contributed by atoms with Gasteiger partial charge in [-0.2, -0.15) is 0 Å². The minimum Gasteiger partial charge on any atom is -0.480 e. The monoisotopic (exact) mass is 511 g/mol. The predicted octanol–water partition coefficient (Wildman–Crippen LogP) is 2.41. The molecule has 3 atom stereocenters. The van der Waals surface area contributed by atoms with E-state index in [4.69, 9.17) is 15.2 Å². The Labute approximate surface area is 210 Å². The molecule has 0 saturated carbocycles. The number of amides is 2. The van der Waals surface area contributed by atoms with Crippen LogP contribution in [0.5, 0.6) is 0 Å². The molecule has 196 valence electrons. The lowest BCUT2D eigenvalue weighted by Gasteiger charge is -2.37. The Morgan fingerprint density at radius 2 is 1.80 bits per heavy atom. The van der Waals surface area contributed by atoms with Crippen LogP contribution >= 0.6 is 11.8 Å². The fourth-order valence-corrected chi connectivity index (χ4v) is 4.49. The van der Waals surface area contributed by atoms with Gasteiger partial charge in [0.15, 0.2) is 6.04 Å². The average molecular weight is 512 g/mol. The number of thioether (sulfide) groups is 1. The number of hydrogen-bond donors (Lipinski definition) is 4. The number of carbonyl (C=O) groups excluding carboxylic acids is 3. The number of anilines is 1. The maximum Gasteiger partial charge on any atom is 0.352 e. The van der Waals surface area contributed by atoms with Gasteiger partial charge >= 0.3 is 11.9 Å². The molecule has 0 aliphatic carbocycles. The van der Waals surface area contributed by atoms with Gasteiger partial charge in [-0.3, -0.25) is 9.59 Å². The minimum atomic E-state index is -2.27. The van der Waals surface area contributed by atoms with E-state index >= 15 is 0 Å². The van der Waals surface area contributed by atoms with E-state index in [-0.39, 0.29) is 18.2 Å². The summed E-state index contributed by atoms with van der Waals surface area (Å²) in [7, 11) is 1.34. The second kappa shape index (κ2) is 14.6. The minimum absolute atomic E-state index is 0.0243. The van der Waals surface area contributed by atoms with E-state index in [0.717, 1.165) is 18.2 Å². The predicted molar refractivity (Wildman–Crippen MR) is 134 cm³/mol. The van der Waals surface area contributed by atoms with E-state index in [2.05, 4.69) is 10.6 Å². The van der Waals surface area contributed by atoms with Gasteiger partial charge in [0.05, 0.1) is 6.61 Å². The van der Waals surface area contributed by atoms with Crippen LogP contribution in [0.4, 0.5) is 5.69 Å². The first-order valence-corrected chi connectivity index (χ1v) is 12.4. The zero-order chi connectivity index (χ0) is 26.6. The van der Waals surface area contributed by atoms with Gasteiger partial charge in [-0.25, -0.2) is 9.59 Å². The van der Waals surface area contributed by atoms with Gasteiger partial charge in [-0.1, -0.05) is 58.0 Å². The van der Waals surface area contributed by atoms with Crippen molar-refractivity contribution in [1.82, 2.24) is 10.6 Å². The van der Waals surface area contributed by atoms with Crippen LogP contribution in [0.3, 0.4) is 0 Å². The molecule has 11 heteroatoms. The molecule has 1 aromatic rings. The second-order valence-electron chi connectivity index (χ2n) is 8.57. The maximum absolute atomic E-state index is 13.5. The number of esters is 1. The van der Waals surface area contributed by atoms with E-state index in [1.54, 1.807) is 31.2 Å². The van der Waals surface area contributed by atoms with Crippen LogP contribution in [0, 0.1) is 11.8 Å². The van der Waals surface area contributed by atoms with Gasteiger partial charge in [0.2, 0.25) is 16.7 Å². The quantitative estimate of drug-likeness (QED) is 0.0912. The number of ether oxygens (including phenoxy) is 2. The van der Waals surface area contributed by atoms with Crippen molar-refractivity contribution in [3.63, 3.8) is 0 Å². The molecule has 0 fully saturated rings. The number of carbonyl (C=O) groups is 4. The van der Waals surface area contributed by atoms with E-state index in [1.165, 1.54) is 7.05 Å². The molecule has 0 saturated heterocycles. The van der Waals surface area contributed by atoms with Crippen LogP contribution in [0.2, 0.25) is 0 Å². The Bertz CT molecular complexity index is 880. The van der Waals surface area contributed by atoms with Crippen molar-refractivity contribution in [2.45, 2.75) is 62.8 Å². The highest BCUT2D eigenvalue weighted by atomic mass is 32.2. The van der Waals surface area contributed by atoms with Crippen molar-refractivity contribution in [2.24, 2.45) is 11.8 Å². The number of carboxylic acid groups (broad SMARTS) is 1. The lowest BCUT2D eigenvalue weighted by Crippen LogP contribution is -2.64. The van der Waals surface area contributed by atoms with Crippen LogP contribution in [-0.4, -0.2) is 60.1 Å². The fraction of sp³-hybridized carbons (Fsp3) is 0.583. The summed E-state index contributed by atoms with van der Waals surface area (Å²) in [5.41, 5.74) is 6.36. The average Bonchev–Trinajstić information content (AvgIpc) is 2.80. The Morgan fingerprint density at radius 1 is 1.14 bits per heavy atom. The van der Waals surface area contributed by atoms with E-state index in [9.17, 15) is 24.3 Å². The number of nitrogen functional groups attached to an aromatic ring is 1. The molecule has 0 heterocycles. The Hall–Kier alpha value is -2.79. The van der Waals surface area contributed by atoms with Crippen molar-refractivity contribution in [1.29, 1.82) is 0 Å². The number of nitrogens with two attached hydrogens (primary N) is 1. The van der Waals surface area contributed by atoms with E-state index < -0.39 is 47.3 Å². The highest BCUT2D eigenvalue weighted by molar-refractivity contribution is 8.01. The summed E-state index contributed by atoms with van der Waals surface area (Å²) in [6.45, 7) is 6.63. The van der Waals surface area contributed by atoms with E-state index in [0.29, 0.717) is 17.7 Å². The number of hydrogen-bond acceptors (Lipinski definition) is 8. The Balaban J connectivity index is 3.63. The number of rotatable bonds is 15. The molecule has 0 aliphatic heterocycles.